The van der Waals surface area contributed by atoms with E-state index in [0.29, 0.717) is 6.04 Å². The van der Waals surface area contributed by atoms with Crippen molar-refractivity contribution in [2.24, 2.45) is 4.74 Å². The zero-order valence-corrected chi connectivity index (χ0v) is 18.1. The van der Waals surface area contributed by atoms with Gasteiger partial charge >= 0.3 is 0 Å². The molecule has 146 valence electrons. The van der Waals surface area contributed by atoms with Crippen LogP contribution in [0.3, 0.4) is 0 Å². The maximum absolute atomic E-state index is 5.63. The highest BCUT2D eigenvalue weighted by Crippen LogP contribution is 2.47. The van der Waals surface area contributed by atoms with Crippen molar-refractivity contribution in [1.29, 1.82) is 0 Å². The van der Waals surface area contributed by atoms with Crippen molar-refractivity contribution in [3.63, 3.8) is 0 Å². The van der Waals surface area contributed by atoms with E-state index in [0.717, 1.165) is 6.42 Å². The number of hydrogen-bond donors (Lipinski definition) is 0. The molecule has 28 heavy (non-hydrogen) atoms. The molecule has 0 aliphatic carbocycles. The van der Waals surface area contributed by atoms with Gasteiger partial charge in [-0.15, -0.1) is 0 Å². The Labute approximate surface area is 170 Å². The van der Waals surface area contributed by atoms with Crippen LogP contribution >= 0.6 is 7.05 Å². The summed E-state index contributed by atoms with van der Waals surface area (Å²) in [6.07, 6.45) is 6.33. The van der Waals surface area contributed by atoms with Crippen LogP contribution in [0.5, 0.6) is 0 Å². The van der Waals surface area contributed by atoms with Crippen LogP contribution in [0.25, 0.3) is 0 Å². The fraction of sp³-hybridized carbons (Fsp3) is 0.308. The fourth-order valence-electron chi connectivity index (χ4n) is 3.80. The number of benzene rings is 3. The third-order valence-corrected chi connectivity index (χ3v) is 9.11. The first kappa shape index (κ1) is 20.6. The van der Waals surface area contributed by atoms with E-state index in [-0.39, 0.29) is 0 Å². The molecule has 0 aliphatic rings. The van der Waals surface area contributed by atoms with E-state index >= 15 is 0 Å². The maximum Gasteiger partial charge on any atom is 0.0551 e. The van der Waals surface area contributed by atoms with Crippen LogP contribution in [-0.4, -0.2) is 6.04 Å². The molecular weight excluding hydrogens is 357 g/mol. The molecule has 0 fully saturated rings. The van der Waals surface area contributed by atoms with Gasteiger partial charge in [0.1, 0.15) is 0 Å². The summed E-state index contributed by atoms with van der Waals surface area (Å²) in [7, 11) is -2.04. The lowest BCUT2D eigenvalue weighted by Crippen LogP contribution is -2.26. The topological polar surface area (TPSA) is 12.4 Å². The highest BCUT2D eigenvalue weighted by Gasteiger charge is 2.27. The summed E-state index contributed by atoms with van der Waals surface area (Å²) in [4.78, 5) is 0. The Morgan fingerprint density at radius 2 is 1.07 bits per heavy atom. The normalized spacial score (nSPS) is 12.5. The monoisotopic (exact) mass is 389 g/mol. The second-order valence-corrected chi connectivity index (χ2v) is 10.5. The van der Waals surface area contributed by atoms with Gasteiger partial charge in [-0.05, 0) is 13.3 Å². The summed E-state index contributed by atoms with van der Waals surface area (Å²) in [5.74, 6) is 0. The van der Waals surface area contributed by atoms with Crippen molar-refractivity contribution in [3.8, 4) is 0 Å². The second kappa shape index (κ2) is 10.4. The molecule has 0 amide bonds. The average Bonchev–Trinajstić information content (AvgIpc) is 2.77. The van der Waals surface area contributed by atoms with Crippen LogP contribution in [-0.2, 0) is 0 Å². The molecule has 0 heterocycles. The first-order valence-corrected chi connectivity index (χ1v) is 12.3. The van der Waals surface area contributed by atoms with Crippen molar-refractivity contribution < 1.29 is 0 Å². The molecule has 0 aromatic heterocycles. The Morgan fingerprint density at radius 1 is 0.643 bits per heavy atom. The Kier molecular flexibility index (Phi) is 7.69. The largest absolute Gasteiger partial charge is 0.287 e. The first-order valence-electron chi connectivity index (χ1n) is 10.6. The smallest absolute Gasteiger partial charge is 0.0551 e. The molecule has 0 aliphatic heterocycles. The van der Waals surface area contributed by atoms with Crippen LogP contribution in [0.15, 0.2) is 95.7 Å². The zero-order valence-electron chi connectivity index (χ0n) is 17.2. The van der Waals surface area contributed by atoms with E-state index in [4.69, 9.17) is 4.74 Å². The van der Waals surface area contributed by atoms with Crippen LogP contribution in [0.2, 0.25) is 0 Å². The fourth-order valence-corrected chi connectivity index (χ4v) is 7.61. The molecule has 3 aromatic rings. The van der Waals surface area contributed by atoms with E-state index < -0.39 is 7.05 Å². The third kappa shape index (κ3) is 4.83. The van der Waals surface area contributed by atoms with Gasteiger partial charge in [-0.3, -0.25) is 4.74 Å². The lowest BCUT2D eigenvalue weighted by Gasteiger charge is -2.28. The van der Waals surface area contributed by atoms with Gasteiger partial charge in [-0.1, -0.05) is 124 Å². The Balaban J connectivity index is 2.15. The summed E-state index contributed by atoms with van der Waals surface area (Å²) in [6.45, 7) is 4.57. The molecule has 0 bridgehead atoms. The van der Waals surface area contributed by atoms with Crippen LogP contribution < -0.4 is 15.9 Å². The predicted octanol–water partition coefficient (Wildman–Crippen LogP) is 6.52. The molecule has 3 aromatic carbocycles. The van der Waals surface area contributed by atoms with E-state index in [1.165, 1.54) is 41.6 Å². The number of rotatable bonds is 9. The molecule has 2 heteroatoms. The van der Waals surface area contributed by atoms with Crippen LogP contribution in [0.1, 0.15) is 46.0 Å². The molecule has 0 saturated carbocycles. The van der Waals surface area contributed by atoms with E-state index in [1.54, 1.807) is 0 Å². The van der Waals surface area contributed by atoms with Gasteiger partial charge < -0.3 is 0 Å². The summed E-state index contributed by atoms with van der Waals surface area (Å²) in [6, 6.07) is 33.1. The highest BCUT2D eigenvalue weighted by molar-refractivity contribution is 7.87. The van der Waals surface area contributed by atoms with Gasteiger partial charge in [0.05, 0.1) is 7.05 Å². The van der Waals surface area contributed by atoms with Crippen LogP contribution in [0.4, 0.5) is 0 Å². The SMILES string of the molecule is CCCCCCC(C)N=P(c1ccccc1)(c1ccccc1)c1ccccc1. The Hall–Kier alpha value is -2.11. The summed E-state index contributed by atoms with van der Waals surface area (Å²) < 4.78 is 5.63. The van der Waals surface area contributed by atoms with Gasteiger partial charge in [0.2, 0.25) is 0 Å². The lowest BCUT2D eigenvalue weighted by atomic mass is 10.1. The minimum Gasteiger partial charge on any atom is -0.287 e. The maximum atomic E-state index is 5.63. The molecule has 1 unspecified atom stereocenters. The zero-order chi connectivity index (χ0) is 19.7. The number of hydrogen-bond acceptors (Lipinski definition) is 1. The van der Waals surface area contributed by atoms with Crippen molar-refractivity contribution in [2.75, 3.05) is 0 Å². The minimum atomic E-state index is -2.04. The summed E-state index contributed by atoms with van der Waals surface area (Å²) >= 11 is 0. The minimum absolute atomic E-state index is 0.339. The number of nitrogens with zero attached hydrogens (tertiary/aromatic N) is 1. The highest BCUT2D eigenvalue weighted by atomic mass is 31.2. The molecule has 0 spiro atoms. The average molecular weight is 390 g/mol. The molecule has 0 radical (unpaired) electrons. The lowest BCUT2D eigenvalue weighted by molar-refractivity contribution is 0.579. The van der Waals surface area contributed by atoms with Crippen molar-refractivity contribution >= 4 is 23.0 Å². The van der Waals surface area contributed by atoms with E-state index in [1.807, 2.05) is 0 Å². The Bertz CT molecular complexity index is 769. The van der Waals surface area contributed by atoms with Gasteiger partial charge in [-0.25, -0.2) is 0 Å². The van der Waals surface area contributed by atoms with Gasteiger partial charge in [0.25, 0.3) is 0 Å². The number of unbranched alkanes of at least 4 members (excludes halogenated alkanes) is 3. The van der Waals surface area contributed by atoms with E-state index in [2.05, 4.69) is 105 Å². The molecule has 3 rings (SSSR count). The predicted molar refractivity (Wildman–Crippen MR) is 126 cm³/mol. The van der Waals surface area contributed by atoms with Crippen LogP contribution in [0, 0.1) is 0 Å². The van der Waals surface area contributed by atoms with Crippen molar-refractivity contribution in [1.82, 2.24) is 0 Å². The molecular formula is C26H32NP. The molecule has 0 N–H and O–H groups in total. The molecule has 0 saturated heterocycles. The van der Waals surface area contributed by atoms with Crippen molar-refractivity contribution in [2.45, 2.75) is 52.0 Å². The van der Waals surface area contributed by atoms with Crippen molar-refractivity contribution in [3.05, 3.63) is 91.0 Å². The quantitative estimate of drug-likeness (QED) is 0.292. The third-order valence-electron chi connectivity index (χ3n) is 5.24. The summed E-state index contributed by atoms with van der Waals surface area (Å²) in [5.41, 5.74) is 0. The van der Waals surface area contributed by atoms with Gasteiger partial charge in [0.15, 0.2) is 0 Å². The molecule has 1 atom stereocenters. The standard InChI is InChI=1S/C26H32NP/c1-3-4-5-9-16-23(2)27-28(24-17-10-6-11-18-24,25-19-12-7-13-20-25)26-21-14-8-15-22-26/h6-8,10-15,17-23H,3-5,9,16H2,1-2H3. The Morgan fingerprint density at radius 3 is 1.46 bits per heavy atom. The molecule has 1 nitrogen and oxygen atoms in total. The van der Waals surface area contributed by atoms with Gasteiger partial charge in [0, 0.05) is 22.0 Å². The second-order valence-electron chi connectivity index (χ2n) is 7.46. The summed E-state index contributed by atoms with van der Waals surface area (Å²) in [5, 5.41) is 4.02. The van der Waals surface area contributed by atoms with Gasteiger partial charge in [-0.2, -0.15) is 0 Å². The van der Waals surface area contributed by atoms with E-state index in [9.17, 15) is 0 Å². The first-order chi connectivity index (χ1) is 13.8.